The summed E-state index contributed by atoms with van der Waals surface area (Å²) < 4.78 is 0. The van der Waals surface area contributed by atoms with Crippen LogP contribution >= 0.6 is 0 Å². The van der Waals surface area contributed by atoms with Crippen LogP contribution in [-0.4, -0.2) is 25.0 Å². The standard InChI is InChI=1S/C21H17N5O/c27-18-8-6-16(7-9-18)14-26(20-10-12-23-15-24-20)21-5-1-4-19(25-21)17-3-2-11-22-13-17/h1-13,15,27H,14H2. The number of hydrogen-bond acceptors (Lipinski definition) is 6. The van der Waals surface area contributed by atoms with Crippen LogP contribution in [0.5, 0.6) is 5.75 Å². The van der Waals surface area contributed by atoms with E-state index in [0.717, 1.165) is 28.5 Å². The molecule has 6 heteroatoms. The molecule has 1 N–H and O–H groups in total. The van der Waals surface area contributed by atoms with E-state index >= 15 is 0 Å². The number of hydrogen-bond donors (Lipinski definition) is 1. The van der Waals surface area contributed by atoms with Gasteiger partial charge in [0.2, 0.25) is 0 Å². The Bertz CT molecular complexity index is 1010. The number of aromatic nitrogens is 4. The highest BCUT2D eigenvalue weighted by Crippen LogP contribution is 2.27. The van der Waals surface area contributed by atoms with E-state index in [9.17, 15) is 5.11 Å². The van der Waals surface area contributed by atoms with E-state index in [-0.39, 0.29) is 5.75 Å². The van der Waals surface area contributed by atoms with Crippen molar-refractivity contribution in [3.8, 4) is 17.0 Å². The van der Waals surface area contributed by atoms with Gasteiger partial charge in [0.05, 0.1) is 12.2 Å². The molecular formula is C21H17N5O. The molecule has 0 amide bonds. The highest BCUT2D eigenvalue weighted by atomic mass is 16.3. The summed E-state index contributed by atoms with van der Waals surface area (Å²) in [5, 5.41) is 9.53. The molecule has 0 bridgehead atoms. The van der Waals surface area contributed by atoms with Gasteiger partial charge in [-0.1, -0.05) is 18.2 Å². The van der Waals surface area contributed by atoms with Crippen LogP contribution in [0.15, 0.2) is 85.6 Å². The topological polar surface area (TPSA) is 75.0 Å². The summed E-state index contributed by atoms with van der Waals surface area (Å²) in [6, 6.07) is 18.7. The zero-order chi connectivity index (χ0) is 18.5. The zero-order valence-corrected chi connectivity index (χ0v) is 14.5. The van der Waals surface area contributed by atoms with Crippen molar-refractivity contribution in [2.75, 3.05) is 4.90 Å². The van der Waals surface area contributed by atoms with Crippen LogP contribution in [0.2, 0.25) is 0 Å². The van der Waals surface area contributed by atoms with E-state index in [1.807, 2.05) is 53.4 Å². The van der Waals surface area contributed by atoms with Crippen molar-refractivity contribution < 1.29 is 5.11 Å². The minimum Gasteiger partial charge on any atom is -0.508 e. The smallest absolute Gasteiger partial charge is 0.137 e. The van der Waals surface area contributed by atoms with Crippen LogP contribution in [0.1, 0.15) is 5.56 Å². The molecule has 0 aliphatic rings. The Morgan fingerprint density at radius 3 is 2.44 bits per heavy atom. The Kier molecular flexibility index (Phi) is 4.70. The minimum atomic E-state index is 0.240. The number of pyridine rings is 2. The molecule has 1 aromatic carbocycles. The summed E-state index contributed by atoms with van der Waals surface area (Å²) in [4.78, 5) is 19.4. The number of rotatable bonds is 5. The Morgan fingerprint density at radius 1 is 0.815 bits per heavy atom. The Hall–Kier alpha value is -3.80. The van der Waals surface area contributed by atoms with E-state index in [0.29, 0.717) is 6.54 Å². The van der Waals surface area contributed by atoms with E-state index in [2.05, 4.69) is 15.0 Å². The lowest BCUT2D eigenvalue weighted by molar-refractivity contribution is 0.475. The van der Waals surface area contributed by atoms with Crippen molar-refractivity contribution >= 4 is 11.6 Å². The van der Waals surface area contributed by atoms with Crippen LogP contribution < -0.4 is 4.90 Å². The molecule has 3 heterocycles. The van der Waals surface area contributed by atoms with Gasteiger partial charge in [0.25, 0.3) is 0 Å². The minimum absolute atomic E-state index is 0.240. The van der Waals surface area contributed by atoms with Gasteiger partial charge in [-0.3, -0.25) is 4.98 Å². The third-order valence-electron chi connectivity index (χ3n) is 4.09. The molecule has 132 valence electrons. The van der Waals surface area contributed by atoms with E-state index < -0.39 is 0 Å². The maximum Gasteiger partial charge on any atom is 0.137 e. The summed E-state index contributed by atoms with van der Waals surface area (Å²) in [7, 11) is 0. The average molecular weight is 355 g/mol. The second kappa shape index (κ2) is 7.61. The second-order valence-electron chi connectivity index (χ2n) is 5.94. The summed E-state index contributed by atoms with van der Waals surface area (Å²) in [5.41, 5.74) is 2.82. The van der Waals surface area contributed by atoms with Crippen molar-refractivity contribution in [2.45, 2.75) is 6.54 Å². The van der Waals surface area contributed by atoms with E-state index in [1.54, 1.807) is 30.7 Å². The van der Waals surface area contributed by atoms with Crippen LogP contribution in [-0.2, 0) is 6.54 Å². The van der Waals surface area contributed by atoms with Crippen molar-refractivity contribution in [3.05, 3.63) is 91.1 Å². The molecule has 0 radical (unpaired) electrons. The maximum absolute atomic E-state index is 9.53. The van der Waals surface area contributed by atoms with Crippen molar-refractivity contribution in [2.24, 2.45) is 0 Å². The molecule has 27 heavy (non-hydrogen) atoms. The fourth-order valence-electron chi connectivity index (χ4n) is 2.76. The molecule has 6 nitrogen and oxygen atoms in total. The first-order chi connectivity index (χ1) is 13.3. The fourth-order valence-corrected chi connectivity index (χ4v) is 2.76. The SMILES string of the molecule is Oc1ccc(CN(c2ccncn2)c2cccc(-c3cccnc3)n2)cc1. The summed E-state index contributed by atoms with van der Waals surface area (Å²) in [6.07, 6.45) is 6.76. The number of anilines is 2. The number of phenols is 1. The molecule has 0 saturated carbocycles. The zero-order valence-electron chi connectivity index (χ0n) is 14.5. The van der Waals surface area contributed by atoms with Gasteiger partial charge in [-0.2, -0.15) is 0 Å². The van der Waals surface area contributed by atoms with Crippen molar-refractivity contribution in [3.63, 3.8) is 0 Å². The normalized spacial score (nSPS) is 10.5. The monoisotopic (exact) mass is 355 g/mol. The predicted octanol–water partition coefficient (Wildman–Crippen LogP) is 3.98. The third kappa shape index (κ3) is 3.90. The van der Waals surface area contributed by atoms with Gasteiger partial charge in [-0.25, -0.2) is 15.0 Å². The van der Waals surface area contributed by atoms with Crippen LogP contribution in [0.4, 0.5) is 11.6 Å². The van der Waals surface area contributed by atoms with Crippen LogP contribution in [0.3, 0.4) is 0 Å². The number of nitrogens with zero attached hydrogens (tertiary/aromatic N) is 5. The first-order valence-electron chi connectivity index (χ1n) is 8.48. The van der Waals surface area contributed by atoms with Gasteiger partial charge in [0, 0.05) is 24.2 Å². The lowest BCUT2D eigenvalue weighted by atomic mass is 10.2. The van der Waals surface area contributed by atoms with Gasteiger partial charge in [-0.05, 0) is 48.0 Å². The molecule has 0 saturated heterocycles. The quantitative estimate of drug-likeness (QED) is 0.584. The van der Waals surface area contributed by atoms with Gasteiger partial charge >= 0.3 is 0 Å². The van der Waals surface area contributed by atoms with Crippen molar-refractivity contribution in [1.29, 1.82) is 0 Å². The predicted molar refractivity (Wildman–Crippen MR) is 103 cm³/mol. The fraction of sp³-hybridized carbons (Fsp3) is 0.0476. The Labute approximate surface area is 156 Å². The van der Waals surface area contributed by atoms with E-state index in [1.165, 1.54) is 6.33 Å². The average Bonchev–Trinajstić information content (AvgIpc) is 2.75. The Balaban J connectivity index is 1.73. The highest BCUT2D eigenvalue weighted by Gasteiger charge is 2.14. The van der Waals surface area contributed by atoms with Gasteiger partial charge in [0.1, 0.15) is 23.7 Å². The molecule has 0 atom stereocenters. The number of benzene rings is 1. The summed E-state index contributed by atoms with van der Waals surface area (Å²) >= 11 is 0. The van der Waals surface area contributed by atoms with E-state index in [4.69, 9.17) is 4.98 Å². The largest absolute Gasteiger partial charge is 0.508 e. The van der Waals surface area contributed by atoms with Gasteiger partial charge < -0.3 is 10.0 Å². The third-order valence-corrected chi connectivity index (χ3v) is 4.09. The van der Waals surface area contributed by atoms with Crippen molar-refractivity contribution in [1.82, 2.24) is 19.9 Å². The van der Waals surface area contributed by atoms with Crippen LogP contribution in [0, 0.1) is 0 Å². The first-order valence-corrected chi connectivity index (χ1v) is 8.48. The molecule has 0 fully saturated rings. The first kappa shape index (κ1) is 16.7. The molecule has 0 aliphatic carbocycles. The highest BCUT2D eigenvalue weighted by molar-refractivity contribution is 5.63. The molecule has 3 aromatic heterocycles. The van der Waals surface area contributed by atoms with Crippen LogP contribution in [0.25, 0.3) is 11.3 Å². The lowest BCUT2D eigenvalue weighted by Crippen LogP contribution is -2.19. The second-order valence-corrected chi connectivity index (χ2v) is 5.94. The molecule has 4 rings (SSSR count). The molecule has 0 unspecified atom stereocenters. The molecule has 0 spiro atoms. The van der Waals surface area contributed by atoms with Gasteiger partial charge in [0.15, 0.2) is 0 Å². The lowest BCUT2D eigenvalue weighted by Gasteiger charge is -2.23. The molecular weight excluding hydrogens is 338 g/mol. The maximum atomic E-state index is 9.53. The number of phenolic OH excluding ortho intramolecular Hbond substituents is 1. The summed E-state index contributed by atoms with van der Waals surface area (Å²) in [6.45, 7) is 0.556. The Morgan fingerprint density at radius 2 is 1.70 bits per heavy atom. The van der Waals surface area contributed by atoms with Gasteiger partial charge in [-0.15, -0.1) is 0 Å². The molecule has 0 aliphatic heterocycles. The molecule has 4 aromatic rings. The summed E-state index contributed by atoms with van der Waals surface area (Å²) in [5.74, 6) is 1.75. The number of aromatic hydroxyl groups is 1.